The molecule has 3 rings (SSSR count). The fourth-order valence-electron chi connectivity index (χ4n) is 2.89. The van der Waals surface area contributed by atoms with Crippen molar-refractivity contribution in [2.24, 2.45) is 0 Å². The maximum atomic E-state index is 12.4. The third-order valence-electron chi connectivity index (χ3n) is 4.02. The maximum absolute atomic E-state index is 12.4. The van der Waals surface area contributed by atoms with Crippen LogP contribution < -0.4 is 0 Å². The molecule has 1 saturated heterocycles. The second-order valence-electron chi connectivity index (χ2n) is 5.41. The molecule has 0 spiro atoms. The quantitative estimate of drug-likeness (QED) is 0.828. The number of rotatable bonds is 2. The molecule has 1 aromatic heterocycles. The van der Waals surface area contributed by atoms with E-state index >= 15 is 0 Å². The first-order valence-electron chi connectivity index (χ1n) is 7.27. The first-order valence-corrected chi connectivity index (χ1v) is 7.64. The first-order chi connectivity index (χ1) is 9.75. The Labute approximate surface area is 124 Å². The van der Waals surface area contributed by atoms with Crippen LogP contribution in [0.3, 0.4) is 0 Å². The summed E-state index contributed by atoms with van der Waals surface area (Å²) in [5.41, 5.74) is 1.03. The Morgan fingerprint density at radius 3 is 2.60 bits per heavy atom. The average molecular weight is 291 g/mol. The zero-order valence-electron chi connectivity index (χ0n) is 11.5. The van der Waals surface area contributed by atoms with Gasteiger partial charge in [-0.1, -0.05) is 30.5 Å². The molecule has 0 bridgehead atoms. The van der Waals surface area contributed by atoms with Crippen LogP contribution in [-0.4, -0.2) is 28.5 Å². The molecule has 0 N–H and O–H groups in total. The fourth-order valence-corrected chi connectivity index (χ4v) is 3.12. The predicted octanol–water partition coefficient (Wildman–Crippen LogP) is 3.70. The van der Waals surface area contributed by atoms with Crippen LogP contribution >= 0.6 is 11.6 Å². The van der Waals surface area contributed by atoms with E-state index in [9.17, 15) is 4.79 Å². The number of likely N-dealkylation sites (tertiary alicyclic amines) is 1. The number of carbonyl (C=O) groups is 1. The minimum absolute atomic E-state index is 0.212. The number of hydrogen-bond acceptors (Lipinski definition) is 1. The smallest absolute Gasteiger partial charge is 0.242 e. The molecule has 2 aromatic rings. The van der Waals surface area contributed by atoms with Gasteiger partial charge in [0.15, 0.2) is 0 Å². The Balaban J connectivity index is 1.78. The molecule has 0 aliphatic carbocycles. The number of fused-ring (bicyclic) bond motifs is 1. The number of hydrogen-bond donors (Lipinski definition) is 0. The molecule has 1 fully saturated rings. The van der Waals surface area contributed by atoms with Crippen LogP contribution in [0, 0.1) is 0 Å². The zero-order chi connectivity index (χ0) is 13.9. The van der Waals surface area contributed by atoms with E-state index in [0.29, 0.717) is 6.54 Å². The molecular formula is C16H19ClN2O. The van der Waals surface area contributed by atoms with Gasteiger partial charge in [-0.15, -0.1) is 0 Å². The predicted molar refractivity (Wildman–Crippen MR) is 82.0 cm³/mol. The van der Waals surface area contributed by atoms with Gasteiger partial charge in [0, 0.05) is 35.2 Å². The third-order valence-corrected chi connectivity index (χ3v) is 4.35. The van der Waals surface area contributed by atoms with Crippen LogP contribution in [0.2, 0.25) is 5.02 Å². The summed E-state index contributed by atoms with van der Waals surface area (Å²) >= 11 is 6.17. The van der Waals surface area contributed by atoms with Crippen LogP contribution in [0.25, 0.3) is 10.9 Å². The second-order valence-corrected chi connectivity index (χ2v) is 5.82. The van der Waals surface area contributed by atoms with E-state index in [-0.39, 0.29) is 5.91 Å². The molecule has 20 heavy (non-hydrogen) atoms. The zero-order valence-corrected chi connectivity index (χ0v) is 12.3. The van der Waals surface area contributed by atoms with Crippen molar-refractivity contribution < 1.29 is 4.79 Å². The number of amides is 1. The van der Waals surface area contributed by atoms with Crippen LogP contribution in [0.5, 0.6) is 0 Å². The van der Waals surface area contributed by atoms with Gasteiger partial charge >= 0.3 is 0 Å². The molecule has 0 atom stereocenters. The van der Waals surface area contributed by atoms with Crippen LogP contribution in [0.15, 0.2) is 30.5 Å². The highest BCUT2D eigenvalue weighted by Crippen LogP contribution is 2.24. The standard InChI is InChI=1S/C16H19ClN2O/c17-14-6-5-7-15-13(14)8-11-19(15)12-16(20)18-9-3-1-2-4-10-18/h5-8,11H,1-4,9-10,12H2. The van der Waals surface area contributed by atoms with Gasteiger partial charge in [0.2, 0.25) is 5.91 Å². The van der Waals surface area contributed by atoms with Gasteiger partial charge in [0.05, 0.1) is 0 Å². The Kier molecular flexibility index (Phi) is 3.97. The monoisotopic (exact) mass is 290 g/mol. The molecule has 3 nitrogen and oxygen atoms in total. The highest BCUT2D eigenvalue weighted by atomic mass is 35.5. The number of halogens is 1. The molecule has 0 radical (unpaired) electrons. The largest absolute Gasteiger partial charge is 0.341 e. The third kappa shape index (κ3) is 2.68. The molecule has 106 valence electrons. The molecule has 1 aromatic carbocycles. The van der Waals surface area contributed by atoms with Gasteiger partial charge in [-0.2, -0.15) is 0 Å². The van der Waals surface area contributed by atoms with Gasteiger partial charge in [-0.25, -0.2) is 0 Å². The normalized spacial score (nSPS) is 16.4. The summed E-state index contributed by atoms with van der Waals surface area (Å²) in [7, 11) is 0. The number of benzene rings is 1. The minimum Gasteiger partial charge on any atom is -0.341 e. The van der Waals surface area contributed by atoms with Crippen LogP contribution in [0.1, 0.15) is 25.7 Å². The van der Waals surface area contributed by atoms with Crippen molar-refractivity contribution in [1.29, 1.82) is 0 Å². The topological polar surface area (TPSA) is 25.2 Å². The van der Waals surface area contributed by atoms with Gasteiger partial charge in [-0.3, -0.25) is 4.79 Å². The summed E-state index contributed by atoms with van der Waals surface area (Å²) in [6.07, 6.45) is 6.69. The fraction of sp³-hybridized carbons (Fsp3) is 0.438. The van der Waals surface area contributed by atoms with Gasteiger partial charge in [0.1, 0.15) is 6.54 Å². The summed E-state index contributed by atoms with van der Waals surface area (Å²) in [5, 5.41) is 1.75. The maximum Gasteiger partial charge on any atom is 0.242 e. The molecule has 2 heterocycles. The minimum atomic E-state index is 0.212. The van der Waals surface area contributed by atoms with E-state index < -0.39 is 0 Å². The van der Waals surface area contributed by atoms with Crippen molar-refractivity contribution in [3.63, 3.8) is 0 Å². The summed E-state index contributed by atoms with van der Waals surface area (Å²) < 4.78 is 1.99. The highest BCUT2D eigenvalue weighted by molar-refractivity contribution is 6.35. The summed E-state index contributed by atoms with van der Waals surface area (Å²) in [6, 6.07) is 7.80. The van der Waals surface area contributed by atoms with Crippen molar-refractivity contribution in [3.05, 3.63) is 35.5 Å². The lowest BCUT2D eigenvalue weighted by Crippen LogP contribution is -2.34. The molecule has 0 saturated carbocycles. The lowest BCUT2D eigenvalue weighted by atomic mass is 10.2. The van der Waals surface area contributed by atoms with Crippen molar-refractivity contribution >= 4 is 28.4 Å². The van der Waals surface area contributed by atoms with Gasteiger partial charge in [-0.05, 0) is 31.0 Å². The van der Waals surface area contributed by atoms with E-state index in [1.807, 2.05) is 39.9 Å². The molecule has 1 aliphatic rings. The highest BCUT2D eigenvalue weighted by Gasteiger charge is 2.16. The molecule has 1 amide bonds. The van der Waals surface area contributed by atoms with Crippen molar-refractivity contribution in [3.8, 4) is 0 Å². The van der Waals surface area contributed by atoms with Crippen molar-refractivity contribution in [1.82, 2.24) is 9.47 Å². The van der Waals surface area contributed by atoms with E-state index in [2.05, 4.69) is 0 Å². The Morgan fingerprint density at radius 2 is 1.85 bits per heavy atom. The molecule has 0 unspecified atom stereocenters. The summed E-state index contributed by atoms with van der Waals surface area (Å²) in [4.78, 5) is 14.4. The SMILES string of the molecule is O=C(Cn1ccc2c(Cl)cccc21)N1CCCCCC1. The first kappa shape index (κ1) is 13.5. The summed E-state index contributed by atoms with van der Waals surface area (Å²) in [5.74, 6) is 0.212. The lowest BCUT2D eigenvalue weighted by molar-refractivity contribution is -0.131. The van der Waals surface area contributed by atoms with E-state index in [1.54, 1.807) is 0 Å². The van der Waals surface area contributed by atoms with Crippen molar-refractivity contribution in [2.45, 2.75) is 32.2 Å². The number of nitrogens with zero attached hydrogens (tertiary/aromatic N) is 2. The molecule has 4 heteroatoms. The Bertz CT molecular complexity index is 612. The summed E-state index contributed by atoms with van der Waals surface area (Å²) in [6.45, 7) is 2.21. The number of aromatic nitrogens is 1. The van der Waals surface area contributed by atoms with Gasteiger partial charge in [0.25, 0.3) is 0 Å². The van der Waals surface area contributed by atoms with Crippen LogP contribution in [0.4, 0.5) is 0 Å². The van der Waals surface area contributed by atoms with E-state index in [1.165, 1.54) is 12.8 Å². The van der Waals surface area contributed by atoms with E-state index in [0.717, 1.165) is 41.9 Å². The van der Waals surface area contributed by atoms with E-state index in [4.69, 9.17) is 11.6 Å². The number of carbonyl (C=O) groups excluding carboxylic acids is 1. The average Bonchev–Trinajstić information content (AvgIpc) is 2.69. The lowest BCUT2D eigenvalue weighted by Gasteiger charge is -2.20. The Morgan fingerprint density at radius 1 is 1.10 bits per heavy atom. The van der Waals surface area contributed by atoms with Crippen LogP contribution in [-0.2, 0) is 11.3 Å². The Hall–Kier alpha value is -1.48. The second kappa shape index (κ2) is 5.88. The molecule has 1 aliphatic heterocycles. The van der Waals surface area contributed by atoms with Gasteiger partial charge < -0.3 is 9.47 Å². The van der Waals surface area contributed by atoms with Crippen molar-refractivity contribution in [2.75, 3.05) is 13.1 Å². The molecular weight excluding hydrogens is 272 g/mol.